The van der Waals surface area contributed by atoms with Gasteiger partial charge in [0.1, 0.15) is 4.90 Å². The first-order valence-corrected chi connectivity index (χ1v) is 8.34. The number of aromatic nitrogens is 3. The SMILES string of the molecule is O=S(=O)(Cl)c1c[nH]c2c(-c3ncccn3)c(C(F)F)ccc12. The van der Waals surface area contributed by atoms with Gasteiger partial charge in [-0.1, -0.05) is 12.1 Å². The zero-order valence-electron chi connectivity index (χ0n) is 10.8. The van der Waals surface area contributed by atoms with Gasteiger partial charge in [-0.3, -0.25) is 0 Å². The summed E-state index contributed by atoms with van der Waals surface area (Å²) >= 11 is 0. The number of H-pyrrole nitrogens is 1. The van der Waals surface area contributed by atoms with Crippen LogP contribution < -0.4 is 0 Å². The number of nitrogens with one attached hydrogen (secondary N) is 1. The number of rotatable bonds is 3. The van der Waals surface area contributed by atoms with Crippen LogP contribution in [0.4, 0.5) is 8.78 Å². The molecule has 0 aliphatic rings. The van der Waals surface area contributed by atoms with Gasteiger partial charge in [-0.15, -0.1) is 0 Å². The van der Waals surface area contributed by atoms with Gasteiger partial charge < -0.3 is 4.98 Å². The standard InChI is InChI=1S/C13H8ClF2N3O2S/c14-22(20,21)9-6-19-11-7(9)2-3-8(12(15)16)10(11)13-17-4-1-5-18-13/h1-6,12,19H. The predicted molar refractivity (Wildman–Crippen MR) is 77.3 cm³/mol. The highest BCUT2D eigenvalue weighted by Gasteiger charge is 2.24. The van der Waals surface area contributed by atoms with E-state index in [9.17, 15) is 17.2 Å². The van der Waals surface area contributed by atoms with Crippen molar-refractivity contribution in [3.8, 4) is 11.4 Å². The van der Waals surface area contributed by atoms with Gasteiger partial charge in [0.05, 0.1) is 11.1 Å². The summed E-state index contributed by atoms with van der Waals surface area (Å²) in [7, 11) is 1.35. The van der Waals surface area contributed by atoms with Crippen LogP contribution in [0.15, 0.2) is 41.7 Å². The number of hydrogen-bond donors (Lipinski definition) is 1. The summed E-state index contributed by atoms with van der Waals surface area (Å²) in [6, 6.07) is 3.99. The van der Waals surface area contributed by atoms with Crippen molar-refractivity contribution in [2.45, 2.75) is 11.3 Å². The lowest BCUT2D eigenvalue weighted by Gasteiger charge is -2.09. The molecule has 0 radical (unpaired) electrons. The summed E-state index contributed by atoms with van der Waals surface area (Å²) in [6.45, 7) is 0. The van der Waals surface area contributed by atoms with Gasteiger partial charge in [0.25, 0.3) is 15.5 Å². The van der Waals surface area contributed by atoms with Gasteiger partial charge in [0.2, 0.25) is 0 Å². The lowest BCUT2D eigenvalue weighted by Crippen LogP contribution is -1.96. The Hall–Kier alpha value is -2.06. The molecule has 3 rings (SSSR count). The molecule has 0 bridgehead atoms. The van der Waals surface area contributed by atoms with Crippen LogP contribution in [0.2, 0.25) is 0 Å². The van der Waals surface area contributed by atoms with Crippen molar-refractivity contribution >= 4 is 30.6 Å². The van der Waals surface area contributed by atoms with E-state index < -0.39 is 15.5 Å². The molecule has 0 saturated heterocycles. The summed E-state index contributed by atoms with van der Waals surface area (Å²) < 4.78 is 49.6. The van der Waals surface area contributed by atoms with Gasteiger partial charge >= 0.3 is 0 Å². The average Bonchev–Trinajstić information content (AvgIpc) is 2.90. The zero-order valence-corrected chi connectivity index (χ0v) is 12.4. The maximum absolute atomic E-state index is 13.3. The normalized spacial score (nSPS) is 12.2. The predicted octanol–water partition coefficient (Wildman–Crippen LogP) is 3.49. The molecule has 0 aliphatic carbocycles. The molecule has 3 aromatic rings. The van der Waals surface area contributed by atoms with Crippen LogP contribution in [0.1, 0.15) is 12.0 Å². The Morgan fingerprint density at radius 1 is 1.18 bits per heavy atom. The summed E-state index contributed by atoms with van der Waals surface area (Å²) in [5.74, 6) is 0.0729. The van der Waals surface area contributed by atoms with E-state index in [-0.39, 0.29) is 32.7 Å². The monoisotopic (exact) mass is 343 g/mol. The molecule has 1 N–H and O–H groups in total. The smallest absolute Gasteiger partial charge is 0.264 e. The maximum atomic E-state index is 13.3. The third-order valence-corrected chi connectivity index (χ3v) is 4.50. The summed E-state index contributed by atoms with van der Waals surface area (Å²) in [4.78, 5) is 10.4. The van der Waals surface area contributed by atoms with Crippen molar-refractivity contribution in [3.63, 3.8) is 0 Å². The van der Waals surface area contributed by atoms with E-state index >= 15 is 0 Å². The number of halogens is 3. The highest BCUT2D eigenvalue weighted by atomic mass is 35.7. The van der Waals surface area contributed by atoms with Crippen LogP contribution in [-0.2, 0) is 9.05 Å². The van der Waals surface area contributed by atoms with Gasteiger partial charge in [-0.25, -0.2) is 27.2 Å². The molecule has 0 atom stereocenters. The molecule has 0 saturated carbocycles. The van der Waals surface area contributed by atoms with E-state index in [1.54, 1.807) is 6.07 Å². The molecule has 2 aromatic heterocycles. The molecule has 9 heteroatoms. The van der Waals surface area contributed by atoms with Crippen molar-refractivity contribution in [1.82, 2.24) is 15.0 Å². The maximum Gasteiger partial charge on any atom is 0.264 e. The first-order chi connectivity index (χ1) is 10.4. The molecular formula is C13H8ClF2N3O2S. The number of benzene rings is 1. The fraction of sp³-hybridized carbons (Fsp3) is 0.0769. The minimum absolute atomic E-state index is 0.0552. The number of nitrogens with zero attached hydrogens (tertiary/aromatic N) is 2. The molecular weight excluding hydrogens is 336 g/mol. The molecule has 0 amide bonds. The van der Waals surface area contributed by atoms with E-state index in [1.807, 2.05) is 0 Å². The second-order valence-electron chi connectivity index (χ2n) is 4.42. The molecule has 0 unspecified atom stereocenters. The van der Waals surface area contributed by atoms with E-state index in [0.29, 0.717) is 0 Å². The fourth-order valence-corrected chi connectivity index (χ4v) is 3.26. The Labute approximate surface area is 128 Å². The Balaban J connectivity index is 2.41. The third kappa shape index (κ3) is 2.44. The van der Waals surface area contributed by atoms with Crippen molar-refractivity contribution in [2.24, 2.45) is 0 Å². The van der Waals surface area contributed by atoms with E-state index in [4.69, 9.17) is 10.7 Å². The molecule has 0 spiro atoms. The number of alkyl halides is 2. The van der Waals surface area contributed by atoms with Gasteiger partial charge in [0.15, 0.2) is 5.82 Å². The molecule has 114 valence electrons. The average molecular weight is 344 g/mol. The van der Waals surface area contributed by atoms with Crippen molar-refractivity contribution in [1.29, 1.82) is 0 Å². The minimum Gasteiger partial charge on any atom is -0.359 e. The van der Waals surface area contributed by atoms with Crippen molar-refractivity contribution < 1.29 is 17.2 Å². The zero-order chi connectivity index (χ0) is 15.9. The number of aromatic amines is 1. The Kier molecular flexibility index (Phi) is 3.57. The highest BCUT2D eigenvalue weighted by molar-refractivity contribution is 8.14. The van der Waals surface area contributed by atoms with E-state index in [2.05, 4.69) is 15.0 Å². The topological polar surface area (TPSA) is 75.7 Å². The quantitative estimate of drug-likeness (QED) is 0.739. The van der Waals surface area contributed by atoms with Crippen LogP contribution in [-0.4, -0.2) is 23.4 Å². The first kappa shape index (κ1) is 14.9. The van der Waals surface area contributed by atoms with Gasteiger partial charge in [0, 0.05) is 40.2 Å². The van der Waals surface area contributed by atoms with Crippen LogP contribution in [0.25, 0.3) is 22.3 Å². The second kappa shape index (κ2) is 5.29. The Morgan fingerprint density at radius 2 is 1.86 bits per heavy atom. The molecule has 5 nitrogen and oxygen atoms in total. The second-order valence-corrected chi connectivity index (χ2v) is 6.95. The van der Waals surface area contributed by atoms with E-state index in [0.717, 1.165) is 12.3 Å². The van der Waals surface area contributed by atoms with E-state index in [1.165, 1.54) is 18.5 Å². The first-order valence-electron chi connectivity index (χ1n) is 6.04. The van der Waals surface area contributed by atoms with Gasteiger partial charge in [-0.05, 0) is 6.07 Å². The lowest BCUT2D eigenvalue weighted by molar-refractivity contribution is 0.152. The number of fused-ring (bicyclic) bond motifs is 1. The van der Waals surface area contributed by atoms with Crippen LogP contribution in [0, 0.1) is 0 Å². The van der Waals surface area contributed by atoms with Gasteiger partial charge in [-0.2, -0.15) is 0 Å². The molecule has 0 aliphatic heterocycles. The minimum atomic E-state index is -4.01. The Bertz CT molecular complexity index is 943. The van der Waals surface area contributed by atoms with Crippen LogP contribution in [0.5, 0.6) is 0 Å². The molecule has 2 heterocycles. The van der Waals surface area contributed by atoms with Crippen molar-refractivity contribution in [2.75, 3.05) is 0 Å². The molecule has 0 fully saturated rings. The van der Waals surface area contributed by atoms with Crippen LogP contribution >= 0.6 is 10.7 Å². The fourth-order valence-electron chi connectivity index (χ4n) is 2.24. The van der Waals surface area contributed by atoms with Crippen molar-refractivity contribution in [3.05, 3.63) is 42.4 Å². The summed E-state index contributed by atoms with van der Waals surface area (Å²) in [5, 5.41) is 0.210. The van der Waals surface area contributed by atoms with Crippen LogP contribution in [0.3, 0.4) is 0 Å². The number of hydrogen-bond acceptors (Lipinski definition) is 4. The third-order valence-electron chi connectivity index (χ3n) is 3.14. The molecule has 1 aromatic carbocycles. The largest absolute Gasteiger partial charge is 0.359 e. The Morgan fingerprint density at radius 3 is 2.45 bits per heavy atom. The summed E-state index contributed by atoms with van der Waals surface area (Å²) in [5.41, 5.74) is -0.0398. The molecule has 22 heavy (non-hydrogen) atoms. The highest BCUT2D eigenvalue weighted by Crippen LogP contribution is 2.37. The lowest BCUT2D eigenvalue weighted by atomic mass is 10.0. The summed E-state index contributed by atoms with van der Waals surface area (Å²) in [6.07, 6.45) is 1.23.